The summed E-state index contributed by atoms with van der Waals surface area (Å²) in [7, 11) is 0. The average molecular weight is 211 g/mol. The van der Waals surface area contributed by atoms with Gasteiger partial charge in [0.15, 0.2) is 0 Å². The number of hydrogen-bond acceptors (Lipinski definition) is 1. The average Bonchev–Trinajstić information content (AvgIpc) is 2.67. The van der Waals surface area contributed by atoms with Gasteiger partial charge in [0.1, 0.15) is 11.9 Å². The van der Waals surface area contributed by atoms with E-state index in [2.05, 4.69) is 11.3 Å². The fourth-order valence-electron chi connectivity index (χ4n) is 1.23. The highest BCUT2D eigenvalue weighted by molar-refractivity contribution is 5.32. The van der Waals surface area contributed by atoms with E-state index in [0.717, 1.165) is 10.7 Å². The molecule has 0 bridgehead atoms. The minimum Gasteiger partial charge on any atom is -0.228 e. The first-order valence-corrected chi connectivity index (χ1v) is 4.18. The second-order valence-electron chi connectivity index (χ2n) is 2.90. The van der Waals surface area contributed by atoms with Crippen LogP contribution in [0.25, 0.3) is 5.69 Å². The maximum absolute atomic E-state index is 12.5. The first kappa shape index (κ1) is 9.76. The number of aromatic nitrogens is 2. The lowest BCUT2D eigenvalue weighted by Crippen LogP contribution is -2.12. The molecule has 0 saturated carbocycles. The van der Waals surface area contributed by atoms with Crippen LogP contribution in [-0.4, -0.2) is 9.78 Å². The zero-order chi connectivity index (χ0) is 10.9. The Morgan fingerprint density at radius 2 is 1.80 bits per heavy atom. The Kier molecular flexibility index (Phi) is 2.22. The van der Waals surface area contributed by atoms with E-state index in [-0.39, 0.29) is 0 Å². The van der Waals surface area contributed by atoms with Gasteiger partial charge < -0.3 is 0 Å². The highest BCUT2D eigenvalue weighted by atomic mass is 19.4. The van der Waals surface area contributed by atoms with E-state index in [1.165, 1.54) is 0 Å². The van der Waals surface area contributed by atoms with Crippen LogP contribution in [0.15, 0.2) is 36.4 Å². The summed E-state index contributed by atoms with van der Waals surface area (Å²) >= 11 is 0. The summed E-state index contributed by atoms with van der Waals surface area (Å²) in [5, 5.41) is 3.52. The lowest BCUT2D eigenvalue weighted by molar-refractivity contribution is -0.142. The summed E-state index contributed by atoms with van der Waals surface area (Å²) in [4.78, 5) is 0. The fraction of sp³-hybridized carbons (Fsp3) is 0.100. The molecule has 5 heteroatoms. The van der Waals surface area contributed by atoms with Gasteiger partial charge in [-0.1, -0.05) is 18.2 Å². The predicted octanol–water partition coefficient (Wildman–Crippen LogP) is 2.69. The van der Waals surface area contributed by atoms with Crippen molar-refractivity contribution in [1.29, 1.82) is 0 Å². The van der Waals surface area contributed by atoms with Crippen molar-refractivity contribution in [3.63, 3.8) is 0 Å². The van der Waals surface area contributed by atoms with Gasteiger partial charge in [-0.15, -0.1) is 0 Å². The maximum atomic E-state index is 12.5. The number of para-hydroxylation sites is 1. The first-order valence-electron chi connectivity index (χ1n) is 4.18. The van der Waals surface area contributed by atoms with Crippen LogP contribution < -0.4 is 0 Å². The normalized spacial score (nSPS) is 11.7. The second-order valence-corrected chi connectivity index (χ2v) is 2.90. The van der Waals surface area contributed by atoms with Crippen LogP contribution in [0.1, 0.15) is 5.69 Å². The van der Waals surface area contributed by atoms with Gasteiger partial charge in [-0.05, 0) is 18.2 Å². The first-order chi connectivity index (χ1) is 7.09. The second kappa shape index (κ2) is 3.42. The molecule has 1 aromatic heterocycles. The molecule has 0 aliphatic rings. The van der Waals surface area contributed by atoms with Crippen LogP contribution in [0.4, 0.5) is 13.2 Å². The van der Waals surface area contributed by atoms with Gasteiger partial charge in [-0.3, -0.25) is 0 Å². The highest BCUT2D eigenvalue weighted by Crippen LogP contribution is 2.30. The van der Waals surface area contributed by atoms with E-state index < -0.39 is 11.9 Å². The predicted molar refractivity (Wildman–Crippen MR) is 47.4 cm³/mol. The van der Waals surface area contributed by atoms with E-state index in [0.29, 0.717) is 5.69 Å². The summed E-state index contributed by atoms with van der Waals surface area (Å²) in [6, 6.07) is 8.96. The van der Waals surface area contributed by atoms with Crippen molar-refractivity contribution in [2.45, 2.75) is 6.18 Å². The van der Waals surface area contributed by atoms with Crippen molar-refractivity contribution in [2.24, 2.45) is 0 Å². The van der Waals surface area contributed by atoms with E-state index in [1.807, 2.05) is 0 Å². The van der Waals surface area contributed by atoms with Crippen LogP contribution in [-0.2, 0) is 6.18 Å². The molecule has 0 amide bonds. The van der Waals surface area contributed by atoms with Gasteiger partial charge >= 0.3 is 6.18 Å². The molecule has 0 atom stereocenters. The molecule has 0 unspecified atom stereocenters. The quantitative estimate of drug-likeness (QED) is 0.709. The van der Waals surface area contributed by atoms with Crippen molar-refractivity contribution in [2.75, 3.05) is 0 Å². The molecule has 77 valence electrons. The number of benzene rings is 1. The van der Waals surface area contributed by atoms with Crippen LogP contribution in [0.2, 0.25) is 0 Å². The zero-order valence-electron chi connectivity index (χ0n) is 7.49. The molecule has 0 fully saturated rings. The summed E-state index contributed by atoms with van der Waals surface area (Å²) < 4.78 is 38.3. The van der Waals surface area contributed by atoms with Crippen molar-refractivity contribution < 1.29 is 13.2 Å². The molecule has 1 aromatic carbocycles. The number of hydrogen-bond donors (Lipinski definition) is 0. The molecule has 0 aliphatic carbocycles. The molecular formula is C10H6F3N2. The standard InChI is InChI=1S/C10H6F3N2/c11-10(12,13)9-6-7-14-15(9)8-4-2-1-3-5-8/h1-6H. The van der Waals surface area contributed by atoms with Gasteiger partial charge in [0.25, 0.3) is 0 Å². The molecule has 1 heterocycles. The van der Waals surface area contributed by atoms with Crippen LogP contribution >= 0.6 is 0 Å². The Morgan fingerprint density at radius 3 is 2.40 bits per heavy atom. The third-order valence-corrected chi connectivity index (χ3v) is 1.88. The van der Waals surface area contributed by atoms with Crippen LogP contribution in [0, 0.1) is 6.20 Å². The lowest BCUT2D eigenvalue weighted by Gasteiger charge is -2.09. The molecule has 2 aromatic rings. The molecule has 1 radical (unpaired) electrons. The van der Waals surface area contributed by atoms with E-state index in [9.17, 15) is 13.2 Å². The van der Waals surface area contributed by atoms with Crippen LogP contribution in [0.3, 0.4) is 0 Å². The number of nitrogens with zero attached hydrogens (tertiary/aromatic N) is 2. The van der Waals surface area contributed by atoms with Gasteiger partial charge in [-0.2, -0.15) is 18.3 Å². The molecule has 0 saturated heterocycles. The molecule has 2 rings (SSSR count). The third kappa shape index (κ3) is 1.86. The number of alkyl halides is 3. The summed E-state index contributed by atoms with van der Waals surface area (Å²) in [5.41, 5.74) is -0.459. The van der Waals surface area contributed by atoms with Crippen molar-refractivity contribution in [3.05, 3.63) is 48.3 Å². The van der Waals surface area contributed by atoms with Crippen molar-refractivity contribution in [3.8, 4) is 5.69 Å². The Bertz CT molecular complexity index is 445. The number of halogens is 3. The molecule has 0 spiro atoms. The van der Waals surface area contributed by atoms with E-state index in [1.54, 1.807) is 30.3 Å². The SMILES string of the molecule is FC(F)(F)c1c[c]nn1-c1ccccc1. The summed E-state index contributed by atoms with van der Waals surface area (Å²) in [6.45, 7) is 0. The lowest BCUT2D eigenvalue weighted by atomic mass is 10.3. The Hall–Kier alpha value is -1.78. The Morgan fingerprint density at radius 1 is 1.13 bits per heavy atom. The highest BCUT2D eigenvalue weighted by Gasteiger charge is 2.35. The Balaban J connectivity index is 2.51. The zero-order valence-corrected chi connectivity index (χ0v) is 7.49. The summed E-state index contributed by atoms with van der Waals surface area (Å²) in [6.07, 6.45) is -2.22. The van der Waals surface area contributed by atoms with Gasteiger partial charge in [0, 0.05) is 0 Å². The smallest absolute Gasteiger partial charge is 0.228 e. The fourth-order valence-corrected chi connectivity index (χ4v) is 1.23. The minimum atomic E-state index is -4.41. The summed E-state index contributed by atoms with van der Waals surface area (Å²) in [5.74, 6) is 0. The largest absolute Gasteiger partial charge is 0.433 e. The van der Waals surface area contributed by atoms with Crippen LogP contribution in [0.5, 0.6) is 0 Å². The van der Waals surface area contributed by atoms with Gasteiger partial charge in [0.2, 0.25) is 0 Å². The molecular weight excluding hydrogens is 205 g/mol. The van der Waals surface area contributed by atoms with Gasteiger partial charge in [0.05, 0.1) is 5.69 Å². The Labute approximate surface area is 84.0 Å². The van der Waals surface area contributed by atoms with Crippen molar-refractivity contribution in [1.82, 2.24) is 9.78 Å². The molecule has 0 N–H and O–H groups in total. The van der Waals surface area contributed by atoms with E-state index >= 15 is 0 Å². The van der Waals surface area contributed by atoms with Crippen molar-refractivity contribution >= 4 is 0 Å². The van der Waals surface area contributed by atoms with E-state index in [4.69, 9.17) is 0 Å². The molecule has 2 nitrogen and oxygen atoms in total. The van der Waals surface area contributed by atoms with Gasteiger partial charge in [-0.25, -0.2) is 4.68 Å². The number of rotatable bonds is 1. The third-order valence-electron chi connectivity index (χ3n) is 1.88. The monoisotopic (exact) mass is 211 g/mol. The maximum Gasteiger partial charge on any atom is 0.433 e. The molecule has 15 heavy (non-hydrogen) atoms. The molecule has 0 aliphatic heterocycles. The topological polar surface area (TPSA) is 17.8 Å². The minimum absolute atomic E-state index is 0.367.